The van der Waals surface area contributed by atoms with Gasteiger partial charge in [-0.15, -0.1) is 0 Å². The van der Waals surface area contributed by atoms with E-state index in [4.69, 9.17) is 0 Å². The lowest BCUT2D eigenvalue weighted by Gasteiger charge is -2.00. The molecular weight excluding hydrogens is 176 g/mol. The van der Waals surface area contributed by atoms with Gasteiger partial charge in [-0.05, 0) is 12.5 Å². The van der Waals surface area contributed by atoms with E-state index >= 15 is 0 Å². The topological polar surface area (TPSA) is 37.3 Å². The van der Waals surface area contributed by atoms with Crippen LogP contribution in [0.15, 0.2) is 36.4 Å². The third-order valence-corrected chi connectivity index (χ3v) is 1.81. The molecule has 0 heterocycles. The number of benzene rings is 1. The van der Waals surface area contributed by atoms with Crippen LogP contribution < -0.4 is 0 Å². The molecule has 0 saturated heterocycles. The molecule has 1 aromatic rings. The van der Waals surface area contributed by atoms with Crippen LogP contribution in [0, 0.1) is 0 Å². The minimum Gasteiger partial charge on any atom is -0.389 e. The molecule has 1 aromatic carbocycles. The van der Waals surface area contributed by atoms with E-state index in [1.54, 1.807) is 6.08 Å². The van der Waals surface area contributed by atoms with Gasteiger partial charge in [-0.3, -0.25) is 4.79 Å². The maximum absolute atomic E-state index is 10.7. The van der Waals surface area contributed by atoms with Gasteiger partial charge in [-0.1, -0.05) is 42.5 Å². The van der Waals surface area contributed by atoms with E-state index in [9.17, 15) is 9.90 Å². The van der Waals surface area contributed by atoms with Crippen LogP contribution in [0.25, 0.3) is 6.08 Å². The number of hydrogen-bond donors (Lipinski definition) is 1. The monoisotopic (exact) mass is 190 g/mol. The molecule has 1 rings (SSSR count). The fourth-order valence-electron chi connectivity index (χ4n) is 1.15. The van der Waals surface area contributed by atoms with Crippen molar-refractivity contribution in [1.82, 2.24) is 0 Å². The predicted octanol–water partition coefficient (Wildman–Crippen LogP) is 2.04. The molecule has 0 fully saturated rings. The Morgan fingerprint density at radius 3 is 2.64 bits per heavy atom. The van der Waals surface area contributed by atoms with Crippen LogP contribution in [0.1, 0.15) is 18.9 Å². The molecule has 0 aliphatic heterocycles. The molecule has 1 N–H and O–H groups in total. The summed E-state index contributed by atoms with van der Waals surface area (Å²) in [6.45, 7) is 1.47. The maximum atomic E-state index is 10.7. The van der Waals surface area contributed by atoms with E-state index in [0.717, 1.165) is 5.56 Å². The molecule has 2 heteroatoms. The zero-order valence-electron chi connectivity index (χ0n) is 8.18. The Balaban J connectivity index is 2.52. The minimum atomic E-state index is -0.673. The summed E-state index contributed by atoms with van der Waals surface area (Å²) >= 11 is 0. The summed E-state index contributed by atoms with van der Waals surface area (Å²) in [4.78, 5) is 10.7. The highest BCUT2D eigenvalue weighted by atomic mass is 16.3. The number of carbonyl (C=O) groups is 1. The van der Waals surface area contributed by atoms with Gasteiger partial charge in [-0.25, -0.2) is 0 Å². The van der Waals surface area contributed by atoms with Crippen molar-refractivity contribution in [2.24, 2.45) is 0 Å². The molecule has 2 nitrogen and oxygen atoms in total. The number of hydrogen-bond acceptors (Lipinski definition) is 2. The molecule has 0 aliphatic rings. The minimum absolute atomic E-state index is 0.00443. The predicted molar refractivity (Wildman–Crippen MR) is 56.8 cm³/mol. The van der Waals surface area contributed by atoms with Crippen molar-refractivity contribution < 1.29 is 9.90 Å². The highest BCUT2D eigenvalue weighted by molar-refractivity contribution is 5.76. The third-order valence-electron chi connectivity index (χ3n) is 1.81. The first-order chi connectivity index (χ1) is 6.68. The van der Waals surface area contributed by atoms with Crippen LogP contribution in [0.3, 0.4) is 0 Å². The van der Waals surface area contributed by atoms with Crippen LogP contribution in [-0.2, 0) is 4.79 Å². The zero-order valence-corrected chi connectivity index (χ0v) is 8.18. The fraction of sp³-hybridized carbons (Fsp3) is 0.250. The van der Waals surface area contributed by atoms with Crippen molar-refractivity contribution in [2.45, 2.75) is 19.4 Å². The quantitative estimate of drug-likeness (QED) is 0.788. The van der Waals surface area contributed by atoms with Gasteiger partial charge in [0.1, 0.15) is 5.78 Å². The SMILES string of the molecule is CC(=O)CC(O)/C=C/c1ccccc1. The van der Waals surface area contributed by atoms with Crippen LogP contribution in [0.2, 0.25) is 0 Å². The standard InChI is InChI=1S/C12H14O2/c1-10(13)9-12(14)8-7-11-5-3-2-4-6-11/h2-8,12,14H,9H2,1H3/b8-7+. The largest absolute Gasteiger partial charge is 0.389 e. The Morgan fingerprint density at radius 2 is 2.07 bits per heavy atom. The van der Waals surface area contributed by atoms with Crippen molar-refractivity contribution in [3.05, 3.63) is 42.0 Å². The van der Waals surface area contributed by atoms with Crippen LogP contribution in [0.4, 0.5) is 0 Å². The summed E-state index contributed by atoms with van der Waals surface area (Å²) in [6.07, 6.45) is 2.96. The summed E-state index contributed by atoms with van der Waals surface area (Å²) in [5.74, 6) is -0.00443. The molecule has 0 saturated carbocycles. The van der Waals surface area contributed by atoms with E-state index in [1.807, 2.05) is 36.4 Å². The van der Waals surface area contributed by atoms with Gasteiger partial charge < -0.3 is 5.11 Å². The molecule has 1 unspecified atom stereocenters. The van der Waals surface area contributed by atoms with E-state index in [1.165, 1.54) is 6.92 Å². The normalized spacial score (nSPS) is 13.0. The van der Waals surface area contributed by atoms with Crippen molar-refractivity contribution in [1.29, 1.82) is 0 Å². The molecule has 0 bridgehead atoms. The van der Waals surface area contributed by atoms with Crippen molar-refractivity contribution >= 4 is 11.9 Å². The second-order valence-corrected chi connectivity index (χ2v) is 3.24. The summed E-state index contributed by atoms with van der Waals surface area (Å²) in [5.41, 5.74) is 1.02. The number of rotatable bonds is 4. The van der Waals surface area contributed by atoms with Crippen LogP contribution >= 0.6 is 0 Å². The number of ketones is 1. The highest BCUT2D eigenvalue weighted by Gasteiger charge is 2.01. The summed E-state index contributed by atoms with van der Waals surface area (Å²) in [7, 11) is 0. The molecule has 0 radical (unpaired) electrons. The van der Waals surface area contributed by atoms with E-state index < -0.39 is 6.10 Å². The molecule has 14 heavy (non-hydrogen) atoms. The van der Waals surface area contributed by atoms with Gasteiger partial charge in [0.15, 0.2) is 0 Å². The van der Waals surface area contributed by atoms with Crippen molar-refractivity contribution in [2.75, 3.05) is 0 Å². The van der Waals surface area contributed by atoms with Gasteiger partial charge in [0, 0.05) is 6.42 Å². The Labute approximate surface area is 83.9 Å². The van der Waals surface area contributed by atoms with Gasteiger partial charge in [0.2, 0.25) is 0 Å². The lowest BCUT2D eigenvalue weighted by Crippen LogP contribution is -2.07. The van der Waals surface area contributed by atoms with Gasteiger partial charge >= 0.3 is 0 Å². The van der Waals surface area contributed by atoms with Crippen molar-refractivity contribution in [3.8, 4) is 0 Å². The number of aliphatic hydroxyl groups excluding tert-OH is 1. The lowest BCUT2D eigenvalue weighted by atomic mass is 10.1. The fourth-order valence-corrected chi connectivity index (χ4v) is 1.15. The Morgan fingerprint density at radius 1 is 1.43 bits per heavy atom. The van der Waals surface area contributed by atoms with Crippen molar-refractivity contribution in [3.63, 3.8) is 0 Å². The molecule has 1 atom stereocenters. The Hall–Kier alpha value is -1.41. The van der Waals surface area contributed by atoms with Crippen LogP contribution in [-0.4, -0.2) is 17.0 Å². The van der Waals surface area contributed by atoms with Gasteiger partial charge in [0.25, 0.3) is 0 Å². The Bertz CT molecular complexity index is 314. The van der Waals surface area contributed by atoms with E-state index in [2.05, 4.69) is 0 Å². The second-order valence-electron chi connectivity index (χ2n) is 3.24. The molecule has 0 aliphatic carbocycles. The first-order valence-electron chi connectivity index (χ1n) is 4.59. The molecular formula is C12H14O2. The number of carbonyl (C=O) groups excluding carboxylic acids is 1. The first-order valence-corrected chi connectivity index (χ1v) is 4.59. The second kappa shape index (κ2) is 5.35. The molecule has 0 spiro atoms. The third kappa shape index (κ3) is 4.01. The van der Waals surface area contributed by atoms with E-state index in [0.29, 0.717) is 0 Å². The lowest BCUT2D eigenvalue weighted by molar-refractivity contribution is -0.118. The Kier molecular flexibility index (Phi) is 4.08. The molecule has 0 aromatic heterocycles. The first kappa shape index (κ1) is 10.7. The molecule has 0 amide bonds. The summed E-state index contributed by atoms with van der Waals surface area (Å²) in [6, 6.07) is 9.67. The molecule has 74 valence electrons. The average molecular weight is 190 g/mol. The average Bonchev–Trinajstić information content (AvgIpc) is 2.15. The highest BCUT2D eigenvalue weighted by Crippen LogP contribution is 2.03. The maximum Gasteiger partial charge on any atom is 0.132 e. The number of Topliss-reactive ketones (excluding diaryl/α,β-unsaturated/α-hetero) is 1. The van der Waals surface area contributed by atoms with E-state index in [-0.39, 0.29) is 12.2 Å². The van der Waals surface area contributed by atoms with Gasteiger partial charge in [0.05, 0.1) is 6.10 Å². The zero-order chi connectivity index (χ0) is 10.4. The smallest absolute Gasteiger partial charge is 0.132 e. The van der Waals surface area contributed by atoms with Crippen LogP contribution in [0.5, 0.6) is 0 Å². The van der Waals surface area contributed by atoms with Gasteiger partial charge in [-0.2, -0.15) is 0 Å². The number of aliphatic hydroxyl groups is 1. The summed E-state index contributed by atoms with van der Waals surface area (Å²) < 4.78 is 0. The summed E-state index contributed by atoms with van der Waals surface area (Å²) in [5, 5.41) is 9.37.